The first kappa shape index (κ1) is 16.0. The van der Waals surface area contributed by atoms with Crippen molar-refractivity contribution in [1.29, 1.82) is 0 Å². The Morgan fingerprint density at radius 3 is 2.62 bits per heavy atom. The molecule has 4 aromatic rings. The summed E-state index contributed by atoms with van der Waals surface area (Å²) < 4.78 is 0. The van der Waals surface area contributed by atoms with Crippen LogP contribution < -0.4 is 5.32 Å². The molecular weight excluding hydrogens is 324 g/mol. The van der Waals surface area contributed by atoms with Gasteiger partial charge in [0.05, 0.1) is 16.7 Å². The molecule has 0 aliphatic heterocycles. The summed E-state index contributed by atoms with van der Waals surface area (Å²) in [5.74, 6) is 0.768. The molecule has 0 atom stereocenters. The maximum absolute atomic E-state index is 11.6. The number of amides is 1. The minimum absolute atomic E-state index is 0.00964. The van der Waals surface area contributed by atoms with E-state index in [1.165, 1.54) is 0 Å². The third-order valence-electron chi connectivity index (χ3n) is 4.21. The van der Waals surface area contributed by atoms with E-state index in [4.69, 9.17) is 4.98 Å². The molecule has 0 aliphatic carbocycles. The van der Waals surface area contributed by atoms with Gasteiger partial charge in [0.1, 0.15) is 5.82 Å². The molecule has 2 aromatic heterocycles. The van der Waals surface area contributed by atoms with Gasteiger partial charge in [0.15, 0.2) is 0 Å². The fourth-order valence-electron chi connectivity index (χ4n) is 2.90. The van der Waals surface area contributed by atoms with E-state index in [9.17, 15) is 4.79 Å². The monoisotopic (exact) mass is 342 g/mol. The Labute approximate surface area is 151 Å². The molecule has 0 fully saturated rings. The van der Waals surface area contributed by atoms with E-state index in [0.717, 1.165) is 39.4 Å². The van der Waals surface area contributed by atoms with Gasteiger partial charge in [-0.25, -0.2) is 4.98 Å². The highest BCUT2D eigenvalue weighted by Crippen LogP contribution is 2.30. The number of carbonyl (C=O) groups excluding carboxylic acids is 1. The number of nitrogens with zero attached hydrogens (tertiary/aromatic N) is 2. The maximum atomic E-state index is 11.6. The minimum atomic E-state index is -0.00964. The van der Waals surface area contributed by atoms with Crippen LogP contribution in [-0.4, -0.2) is 20.9 Å². The van der Waals surface area contributed by atoms with Crippen molar-refractivity contribution in [3.8, 4) is 22.6 Å². The Bertz CT molecular complexity index is 1070. The number of rotatable bonds is 4. The van der Waals surface area contributed by atoms with Crippen molar-refractivity contribution in [3.63, 3.8) is 0 Å². The second kappa shape index (κ2) is 6.80. The van der Waals surface area contributed by atoms with Crippen molar-refractivity contribution >= 4 is 22.6 Å². The van der Waals surface area contributed by atoms with E-state index in [0.29, 0.717) is 6.42 Å². The highest BCUT2D eigenvalue weighted by molar-refractivity contribution is 5.93. The van der Waals surface area contributed by atoms with Gasteiger partial charge in [0.2, 0.25) is 5.91 Å². The summed E-state index contributed by atoms with van der Waals surface area (Å²) >= 11 is 0. The largest absolute Gasteiger partial charge is 0.338 e. The van der Waals surface area contributed by atoms with E-state index in [-0.39, 0.29) is 5.91 Å². The molecule has 2 heterocycles. The molecule has 26 heavy (non-hydrogen) atoms. The molecular formula is C21H18N4O. The van der Waals surface area contributed by atoms with Crippen LogP contribution >= 0.6 is 0 Å². The highest BCUT2D eigenvalue weighted by Gasteiger charge is 2.12. The van der Waals surface area contributed by atoms with E-state index in [1.54, 1.807) is 6.20 Å². The van der Waals surface area contributed by atoms with Crippen LogP contribution in [0.3, 0.4) is 0 Å². The number of benzene rings is 2. The Hall–Kier alpha value is -3.47. The number of carbonyl (C=O) groups is 1. The Kier molecular flexibility index (Phi) is 4.19. The fourth-order valence-corrected chi connectivity index (χ4v) is 2.90. The third-order valence-corrected chi connectivity index (χ3v) is 4.21. The lowest BCUT2D eigenvalue weighted by atomic mass is 10.0. The number of fused-ring (bicyclic) bond motifs is 1. The molecule has 2 N–H and O–H groups in total. The van der Waals surface area contributed by atoms with Gasteiger partial charge >= 0.3 is 0 Å². The van der Waals surface area contributed by atoms with Gasteiger partial charge in [-0.15, -0.1) is 0 Å². The molecule has 0 spiro atoms. The van der Waals surface area contributed by atoms with E-state index < -0.39 is 0 Å². The predicted molar refractivity (Wildman–Crippen MR) is 104 cm³/mol. The number of H-pyrrole nitrogens is 1. The van der Waals surface area contributed by atoms with Crippen LogP contribution in [0.2, 0.25) is 0 Å². The summed E-state index contributed by atoms with van der Waals surface area (Å²) in [6, 6.07) is 19.6. The minimum Gasteiger partial charge on any atom is -0.338 e. The molecule has 1 amide bonds. The topological polar surface area (TPSA) is 70.7 Å². The molecule has 0 aliphatic rings. The Morgan fingerprint density at radius 1 is 1.04 bits per heavy atom. The van der Waals surface area contributed by atoms with Crippen LogP contribution in [0.5, 0.6) is 0 Å². The molecule has 128 valence electrons. The first-order chi connectivity index (χ1) is 12.7. The van der Waals surface area contributed by atoms with E-state index in [2.05, 4.69) is 15.3 Å². The van der Waals surface area contributed by atoms with Gasteiger partial charge in [0, 0.05) is 29.4 Å². The number of imidazole rings is 1. The van der Waals surface area contributed by atoms with Gasteiger partial charge in [-0.2, -0.15) is 0 Å². The lowest BCUT2D eigenvalue weighted by molar-refractivity contribution is -0.115. The SMILES string of the molecule is CCC(=O)Nc1ccc2nc(-c3ccccc3-c3ccccn3)[nH]c2c1. The standard InChI is InChI=1S/C21H18N4O/c1-2-20(26)23-14-10-11-18-19(13-14)25-21(24-18)16-8-4-3-7-15(16)17-9-5-6-12-22-17/h3-13H,2H2,1H3,(H,23,26)(H,24,25). The third kappa shape index (κ3) is 3.07. The van der Waals surface area contributed by atoms with Crippen LogP contribution in [0.4, 0.5) is 5.69 Å². The maximum Gasteiger partial charge on any atom is 0.224 e. The zero-order valence-corrected chi connectivity index (χ0v) is 14.4. The van der Waals surface area contributed by atoms with Gasteiger partial charge in [-0.3, -0.25) is 9.78 Å². The normalized spacial score (nSPS) is 10.8. The summed E-state index contributed by atoms with van der Waals surface area (Å²) in [5.41, 5.74) is 5.40. The second-order valence-corrected chi connectivity index (χ2v) is 5.98. The summed E-state index contributed by atoms with van der Waals surface area (Å²) in [4.78, 5) is 24.1. The van der Waals surface area contributed by atoms with Gasteiger partial charge < -0.3 is 10.3 Å². The van der Waals surface area contributed by atoms with Gasteiger partial charge in [-0.05, 0) is 30.3 Å². The molecule has 0 saturated heterocycles. The van der Waals surface area contributed by atoms with E-state index in [1.807, 2.05) is 67.6 Å². The molecule has 5 nitrogen and oxygen atoms in total. The highest BCUT2D eigenvalue weighted by atomic mass is 16.1. The summed E-state index contributed by atoms with van der Waals surface area (Å²) in [6.45, 7) is 1.83. The number of pyridine rings is 1. The van der Waals surface area contributed by atoms with Crippen molar-refractivity contribution in [2.75, 3.05) is 5.32 Å². The summed E-state index contributed by atoms with van der Waals surface area (Å²) in [6.07, 6.45) is 2.23. The van der Waals surface area contributed by atoms with Crippen molar-refractivity contribution < 1.29 is 4.79 Å². The quantitative estimate of drug-likeness (QED) is 0.567. The Balaban J connectivity index is 1.77. The number of nitrogens with one attached hydrogen (secondary N) is 2. The van der Waals surface area contributed by atoms with Crippen LogP contribution in [0.25, 0.3) is 33.7 Å². The first-order valence-corrected chi connectivity index (χ1v) is 8.55. The molecule has 2 aromatic carbocycles. The molecule has 5 heteroatoms. The predicted octanol–water partition coefficient (Wildman–Crippen LogP) is 4.64. The molecule has 4 rings (SSSR count). The van der Waals surface area contributed by atoms with Gasteiger partial charge in [0.25, 0.3) is 0 Å². The first-order valence-electron chi connectivity index (χ1n) is 8.55. The van der Waals surface area contributed by atoms with Crippen molar-refractivity contribution in [3.05, 3.63) is 66.9 Å². The lowest BCUT2D eigenvalue weighted by Crippen LogP contribution is -2.09. The molecule has 0 bridgehead atoms. The lowest BCUT2D eigenvalue weighted by Gasteiger charge is -2.06. The summed E-state index contributed by atoms with van der Waals surface area (Å²) in [5, 5.41) is 2.87. The molecule has 0 unspecified atom stereocenters. The van der Waals surface area contributed by atoms with Crippen LogP contribution in [0, 0.1) is 0 Å². The smallest absolute Gasteiger partial charge is 0.224 e. The number of hydrogen-bond acceptors (Lipinski definition) is 3. The second-order valence-electron chi connectivity index (χ2n) is 5.98. The average molecular weight is 342 g/mol. The van der Waals surface area contributed by atoms with Crippen molar-refractivity contribution in [2.24, 2.45) is 0 Å². The number of aromatic nitrogens is 3. The number of aromatic amines is 1. The fraction of sp³-hybridized carbons (Fsp3) is 0.0952. The van der Waals surface area contributed by atoms with Crippen molar-refractivity contribution in [2.45, 2.75) is 13.3 Å². The number of anilines is 1. The Morgan fingerprint density at radius 2 is 1.85 bits per heavy atom. The van der Waals surface area contributed by atoms with Gasteiger partial charge in [-0.1, -0.05) is 37.3 Å². The average Bonchev–Trinajstić information content (AvgIpc) is 3.12. The van der Waals surface area contributed by atoms with Crippen LogP contribution in [0.15, 0.2) is 66.9 Å². The number of hydrogen-bond donors (Lipinski definition) is 2. The van der Waals surface area contributed by atoms with Crippen LogP contribution in [0.1, 0.15) is 13.3 Å². The van der Waals surface area contributed by atoms with Crippen LogP contribution in [-0.2, 0) is 4.79 Å². The molecule has 0 radical (unpaired) electrons. The molecule has 0 saturated carbocycles. The summed E-state index contributed by atoms with van der Waals surface area (Å²) in [7, 11) is 0. The zero-order chi connectivity index (χ0) is 17.9. The van der Waals surface area contributed by atoms with Crippen molar-refractivity contribution in [1.82, 2.24) is 15.0 Å². The zero-order valence-electron chi connectivity index (χ0n) is 14.4. The van der Waals surface area contributed by atoms with E-state index >= 15 is 0 Å².